The van der Waals surface area contributed by atoms with Gasteiger partial charge < -0.3 is 25.5 Å². The molecule has 3 aromatic rings. The largest absolute Gasteiger partial charge is 0.508 e. The summed E-state index contributed by atoms with van der Waals surface area (Å²) in [4.78, 5) is 45.3. The Morgan fingerprint density at radius 1 is 1.05 bits per heavy atom. The number of rotatable bonds is 10. The molecule has 0 spiro atoms. The van der Waals surface area contributed by atoms with Gasteiger partial charge in [-0.3, -0.25) is 14.6 Å². The van der Waals surface area contributed by atoms with Crippen molar-refractivity contribution in [3.8, 4) is 5.75 Å². The van der Waals surface area contributed by atoms with Gasteiger partial charge in [0.15, 0.2) is 0 Å². The highest BCUT2D eigenvalue weighted by atomic mass is 16.6. The van der Waals surface area contributed by atoms with Gasteiger partial charge in [0.05, 0.1) is 5.69 Å². The highest BCUT2D eigenvalue weighted by Crippen LogP contribution is 2.13. The summed E-state index contributed by atoms with van der Waals surface area (Å²) in [6, 6.07) is 15.3. The number of benzene rings is 2. The predicted octanol–water partition coefficient (Wildman–Crippen LogP) is 3.56. The Morgan fingerprint density at radius 2 is 1.74 bits per heavy atom. The molecule has 1 aromatic heterocycles. The molecule has 0 saturated carbocycles. The van der Waals surface area contributed by atoms with Crippen molar-refractivity contribution in [1.29, 1.82) is 0 Å². The fourth-order valence-electron chi connectivity index (χ4n) is 3.90. The first-order chi connectivity index (χ1) is 18.0. The van der Waals surface area contributed by atoms with Crippen molar-refractivity contribution >= 4 is 12.0 Å². The van der Waals surface area contributed by atoms with Crippen molar-refractivity contribution in [3.05, 3.63) is 93.2 Å². The number of nitrogens with one attached hydrogen (secondary N) is 3. The number of aromatic nitrogens is 2. The SMILES string of the molecule is Cc1nc(Cc2ccccc2)c(=O)[nH]c1CCCNC(=O)[C@H](Cc1ccc(O)cc1)NC(=O)OC(C)(C)C. The molecule has 0 fully saturated rings. The minimum Gasteiger partial charge on any atom is -0.508 e. The van der Waals surface area contributed by atoms with Crippen LogP contribution >= 0.6 is 0 Å². The van der Waals surface area contributed by atoms with Crippen molar-refractivity contribution in [2.75, 3.05) is 6.54 Å². The molecule has 202 valence electrons. The Bertz CT molecular complexity index is 1280. The summed E-state index contributed by atoms with van der Waals surface area (Å²) in [6.45, 7) is 7.44. The van der Waals surface area contributed by atoms with Gasteiger partial charge in [-0.15, -0.1) is 0 Å². The van der Waals surface area contributed by atoms with Gasteiger partial charge in [0.25, 0.3) is 5.56 Å². The minimum absolute atomic E-state index is 0.116. The molecule has 0 unspecified atom stereocenters. The van der Waals surface area contributed by atoms with E-state index in [-0.39, 0.29) is 23.6 Å². The van der Waals surface area contributed by atoms with Crippen LogP contribution in [0.5, 0.6) is 5.75 Å². The standard InChI is InChI=1S/C29H36N4O5/c1-19-23(32-27(36)25(31-19)17-20-9-6-5-7-10-20)11-8-16-30-26(35)24(33-28(37)38-29(2,3)4)18-21-12-14-22(34)15-13-21/h5-7,9-10,12-15,24,34H,8,11,16-18H2,1-4H3,(H,30,35)(H,32,36)(H,33,37)/t24-/m0/s1. The molecule has 38 heavy (non-hydrogen) atoms. The smallest absolute Gasteiger partial charge is 0.408 e. The third-order valence-electron chi connectivity index (χ3n) is 5.77. The molecule has 0 aliphatic carbocycles. The Balaban J connectivity index is 1.58. The number of carbonyl (C=O) groups excluding carboxylic acids is 2. The number of aryl methyl sites for hydroxylation is 2. The molecular formula is C29H36N4O5. The molecule has 2 aromatic carbocycles. The molecule has 0 aliphatic heterocycles. The fraction of sp³-hybridized carbons (Fsp3) is 0.379. The van der Waals surface area contributed by atoms with Gasteiger partial charge in [0.2, 0.25) is 5.91 Å². The molecule has 9 nitrogen and oxygen atoms in total. The van der Waals surface area contributed by atoms with E-state index in [1.165, 1.54) is 12.1 Å². The highest BCUT2D eigenvalue weighted by molar-refractivity contribution is 5.86. The van der Waals surface area contributed by atoms with Crippen LogP contribution < -0.4 is 16.2 Å². The zero-order chi connectivity index (χ0) is 27.7. The molecule has 0 bridgehead atoms. The number of H-pyrrole nitrogens is 1. The summed E-state index contributed by atoms with van der Waals surface area (Å²) in [6.07, 6.45) is 1.10. The van der Waals surface area contributed by atoms with Gasteiger partial charge in [-0.05, 0) is 63.8 Å². The number of phenols is 1. The number of aromatic hydroxyl groups is 1. The molecule has 9 heteroatoms. The lowest BCUT2D eigenvalue weighted by Gasteiger charge is -2.23. The van der Waals surface area contributed by atoms with E-state index in [1.807, 2.05) is 37.3 Å². The normalized spacial score (nSPS) is 12.0. The van der Waals surface area contributed by atoms with E-state index in [1.54, 1.807) is 32.9 Å². The van der Waals surface area contributed by atoms with Gasteiger partial charge in [-0.25, -0.2) is 4.79 Å². The van der Waals surface area contributed by atoms with Crippen molar-refractivity contribution in [1.82, 2.24) is 20.6 Å². The van der Waals surface area contributed by atoms with Gasteiger partial charge in [-0.2, -0.15) is 0 Å². The number of phenolic OH excluding ortho intramolecular Hbond substituents is 1. The van der Waals surface area contributed by atoms with E-state index in [0.29, 0.717) is 31.5 Å². The van der Waals surface area contributed by atoms with Gasteiger partial charge in [-0.1, -0.05) is 42.5 Å². The van der Waals surface area contributed by atoms with Crippen LogP contribution in [0.4, 0.5) is 4.79 Å². The number of aromatic amines is 1. The van der Waals surface area contributed by atoms with Crippen molar-refractivity contribution < 1.29 is 19.4 Å². The number of amides is 2. The lowest BCUT2D eigenvalue weighted by atomic mass is 10.0. The maximum Gasteiger partial charge on any atom is 0.408 e. The first-order valence-corrected chi connectivity index (χ1v) is 12.7. The van der Waals surface area contributed by atoms with Crippen LogP contribution in [0.3, 0.4) is 0 Å². The van der Waals surface area contributed by atoms with Gasteiger partial charge >= 0.3 is 6.09 Å². The number of alkyl carbamates (subject to hydrolysis) is 1. The maximum absolute atomic E-state index is 13.0. The van der Waals surface area contributed by atoms with E-state index in [9.17, 15) is 19.5 Å². The van der Waals surface area contributed by atoms with Crippen LogP contribution in [0.1, 0.15) is 55.4 Å². The number of hydrogen-bond donors (Lipinski definition) is 4. The number of hydrogen-bond acceptors (Lipinski definition) is 6. The summed E-state index contributed by atoms with van der Waals surface area (Å²) in [7, 11) is 0. The molecular weight excluding hydrogens is 484 g/mol. The first-order valence-electron chi connectivity index (χ1n) is 12.7. The second kappa shape index (κ2) is 12.9. The third-order valence-corrected chi connectivity index (χ3v) is 5.77. The highest BCUT2D eigenvalue weighted by Gasteiger charge is 2.24. The van der Waals surface area contributed by atoms with Crippen LogP contribution in [-0.4, -0.2) is 45.3 Å². The van der Waals surface area contributed by atoms with Crippen molar-refractivity contribution in [3.63, 3.8) is 0 Å². The summed E-state index contributed by atoms with van der Waals surface area (Å²) in [5, 5.41) is 15.0. The fourth-order valence-corrected chi connectivity index (χ4v) is 3.90. The molecule has 0 saturated heterocycles. The quantitative estimate of drug-likeness (QED) is 0.302. The monoisotopic (exact) mass is 520 g/mol. The van der Waals surface area contributed by atoms with Gasteiger partial charge in [0, 0.05) is 25.1 Å². The van der Waals surface area contributed by atoms with E-state index in [4.69, 9.17) is 4.74 Å². The third kappa shape index (κ3) is 9.06. The first kappa shape index (κ1) is 28.4. The Hall–Kier alpha value is -4.14. The second-order valence-corrected chi connectivity index (χ2v) is 10.2. The van der Waals surface area contributed by atoms with Crippen LogP contribution in [0.15, 0.2) is 59.4 Å². The van der Waals surface area contributed by atoms with E-state index < -0.39 is 17.7 Å². The lowest BCUT2D eigenvalue weighted by Crippen LogP contribution is -2.49. The Kier molecular flexibility index (Phi) is 9.65. The summed E-state index contributed by atoms with van der Waals surface area (Å²) in [5.74, 6) is -0.240. The maximum atomic E-state index is 13.0. The lowest BCUT2D eigenvalue weighted by molar-refractivity contribution is -0.123. The van der Waals surface area contributed by atoms with Crippen molar-refractivity contribution in [2.45, 2.75) is 65.0 Å². The minimum atomic E-state index is -0.866. The van der Waals surface area contributed by atoms with Crippen LogP contribution in [0.25, 0.3) is 0 Å². The van der Waals surface area contributed by atoms with Crippen molar-refractivity contribution in [2.24, 2.45) is 0 Å². The summed E-state index contributed by atoms with van der Waals surface area (Å²) < 4.78 is 5.32. The molecule has 2 amide bonds. The zero-order valence-corrected chi connectivity index (χ0v) is 22.3. The molecule has 3 rings (SSSR count). The summed E-state index contributed by atoms with van der Waals surface area (Å²) in [5.41, 5.74) is 2.82. The molecule has 0 radical (unpaired) electrons. The average molecular weight is 521 g/mol. The topological polar surface area (TPSA) is 133 Å². The number of nitrogens with zero attached hydrogens (tertiary/aromatic N) is 1. The van der Waals surface area contributed by atoms with Crippen LogP contribution in [-0.2, 0) is 28.8 Å². The molecule has 4 N–H and O–H groups in total. The van der Waals surface area contributed by atoms with E-state index in [0.717, 1.165) is 22.5 Å². The second-order valence-electron chi connectivity index (χ2n) is 10.2. The number of carbonyl (C=O) groups is 2. The summed E-state index contributed by atoms with van der Waals surface area (Å²) >= 11 is 0. The number of ether oxygens (including phenoxy) is 1. The molecule has 1 atom stereocenters. The molecule has 1 heterocycles. The zero-order valence-electron chi connectivity index (χ0n) is 22.3. The predicted molar refractivity (Wildman–Crippen MR) is 145 cm³/mol. The van der Waals surface area contributed by atoms with Crippen LogP contribution in [0.2, 0.25) is 0 Å². The Labute approximate surface area is 222 Å². The van der Waals surface area contributed by atoms with Crippen LogP contribution in [0, 0.1) is 6.92 Å². The Morgan fingerprint density at radius 3 is 2.39 bits per heavy atom. The van der Waals surface area contributed by atoms with E-state index >= 15 is 0 Å². The van der Waals surface area contributed by atoms with Gasteiger partial charge in [0.1, 0.15) is 23.1 Å². The molecule has 0 aliphatic rings. The van der Waals surface area contributed by atoms with E-state index in [2.05, 4.69) is 20.6 Å². The average Bonchev–Trinajstić information content (AvgIpc) is 2.85.